The van der Waals surface area contributed by atoms with E-state index in [9.17, 15) is 9.59 Å². The molecule has 7 nitrogen and oxygen atoms in total. The Morgan fingerprint density at radius 1 is 1.19 bits per heavy atom. The van der Waals surface area contributed by atoms with Crippen LogP contribution < -0.4 is 9.54 Å². The topological polar surface area (TPSA) is 93.7 Å². The van der Waals surface area contributed by atoms with Gasteiger partial charge in [0.2, 0.25) is 0 Å². The Morgan fingerprint density at radius 2 is 1.93 bits per heavy atom. The molecule has 27 heavy (non-hydrogen) atoms. The zero-order valence-electron chi connectivity index (χ0n) is 14.6. The molecule has 0 aliphatic carbocycles. The summed E-state index contributed by atoms with van der Waals surface area (Å²) >= 11 is 1.27. The van der Waals surface area contributed by atoms with Crippen LogP contribution in [-0.2, 0) is 16.1 Å². The number of esters is 1. The normalized spacial score (nSPS) is 11.2. The fourth-order valence-electron chi connectivity index (χ4n) is 2.45. The summed E-state index contributed by atoms with van der Waals surface area (Å²) in [5.74, 6) is -0.242. The Morgan fingerprint density at radius 3 is 2.56 bits per heavy atom. The van der Waals surface area contributed by atoms with Crippen LogP contribution in [0.5, 0.6) is 5.75 Å². The van der Waals surface area contributed by atoms with Gasteiger partial charge in [0.25, 0.3) is 5.91 Å². The Hall–Kier alpha value is -3.44. The lowest BCUT2D eigenvalue weighted by atomic mass is 10.1. The van der Waals surface area contributed by atoms with E-state index in [1.807, 2.05) is 12.1 Å². The third kappa shape index (κ3) is 3.88. The van der Waals surface area contributed by atoms with Gasteiger partial charge in [-0.25, -0.2) is 0 Å². The number of fused-ring (bicyclic) bond motifs is 1. The van der Waals surface area contributed by atoms with Crippen molar-refractivity contribution in [3.8, 4) is 11.8 Å². The number of aromatic nitrogens is 1. The standard InChI is InChI=1S/C19H15N3O4S/c1-25-14-7-8-15-16(9-14)27-19(22(15)11-17(23)26-2)21-18(24)13-5-3-12(10-20)4-6-13/h3-9H,11H2,1-2H3. The maximum Gasteiger partial charge on any atom is 0.325 e. The molecule has 0 saturated carbocycles. The van der Waals surface area contributed by atoms with Crippen molar-refractivity contribution in [3.63, 3.8) is 0 Å². The van der Waals surface area contributed by atoms with Crippen LogP contribution in [0.25, 0.3) is 10.2 Å². The van der Waals surface area contributed by atoms with Crippen LogP contribution in [0.15, 0.2) is 47.5 Å². The number of nitriles is 1. The second-order valence-corrected chi connectivity index (χ2v) is 6.50. The van der Waals surface area contributed by atoms with Crippen molar-refractivity contribution in [2.24, 2.45) is 4.99 Å². The van der Waals surface area contributed by atoms with Crippen molar-refractivity contribution in [3.05, 3.63) is 58.4 Å². The lowest BCUT2D eigenvalue weighted by Gasteiger charge is -2.04. The van der Waals surface area contributed by atoms with Crippen molar-refractivity contribution in [1.29, 1.82) is 5.26 Å². The molecule has 0 radical (unpaired) electrons. The summed E-state index contributed by atoms with van der Waals surface area (Å²) in [6.07, 6.45) is 0. The van der Waals surface area contributed by atoms with Crippen molar-refractivity contribution in [2.75, 3.05) is 14.2 Å². The quantitative estimate of drug-likeness (QED) is 0.647. The lowest BCUT2D eigenvalue weighted by molar-refractivity contribution is -0.141. The monoisotopic (exact) mass is 381 g/mol. The number of benzene rings is 2. The summed E-state index contributed by atoms with van der Waals surface area (Å²) in [4.78, 5) is 28.9. The molecule has 0 bridgehead atoms. The van der Waals surface area contributed by atoms with E-state index < -0.39 is 11.9 Å². The van der Waals surface area contributed by atoms with Gasteiger partial charge >= 0.3 is 5.97 Å². The minimum Gasteiger partial charge on any atom is -0.497 e. The number of carbonyl (C=O) groups excluding carboxylic acids is 2. The molecule has 1 amide bonds. The van der Waals surface area contributed by atoms with Gasteiger partial charge < -0.3 is 14.0 Å². The highest BCUT2D eigenvalue weighted by Gasteiger charge is 2.13. The largest absolute Gasteiger partial charge is 0.497 e. The molecule has 1 heterocycles. The summed E-state index contributed by atoms with van der Waals surface area (Å²) < 4.78 is 12.4. The molecule has 0 unspecified atom stereocenters. The molecule has 0 aliphatic rings. The van der Waals surface area contributed by atoms with Gasteiger partial charge in [0.1, 0.15) is 12.3 Å². The van der Waals surface area contributed by atoms with Gasteiger partial charge in [0, 0.05) is 5.56 Å². The van der Waals surface area contributed by atoms with Gasteiger partial charge in [0.05, 0.1) is 36.1 Å². The molecule has 0 aliphatic heterocycles. The van der Waals surface area contributed by atoms with Gasteiger partial charge in [0.15, 0.2) is 4.80 Å². The SMILES string of the molecule is COC(=O)Cn1c(=NC(=O)c2ccc(C#N)cc2)sc2cc(OC)ccc21. The Labute approximate surface area is 158 Å². The molecule has 0 fully saturated rings. The van der Waals surface area contributed by atoms with E-state index in [0.29, 0.717) is 21.7 Å². The van der Waals surface area contributed by atoms with E-state index >= 15 is 0 Å². The molecule has 2 aromatic carbocycles. The number of thiazole rings is 1. The van der Waals surface area contributed by atoms with E-state index in [4.69, 9.17) is 14.7 Å². The summed E-state index contributed by atoms with van der Waals surface area (Å²) in [5, 5.41) is 8.86. The van der Waals surface area contributed by atoms with Gasteiger partial charge in [-0.1, -0.05) is 11.3 Å². The summed E-state index contributed by atoms with van der Waals surface area (Å²) in [6.45, 7) is -0.0672. The van der Waals surface area contributed by atoms with Crippen LogP contribution in [0.1, 0.15) is 15.9 Å². The van der Waals surface area contributed by atoms with E-state index in [1.165, 1.54) is 18.4 Å². The van der Waals surface area contributed by atoms with Gasteiger partial charge in [-0.3, -0.25) is 9.59 Å². The fourth-order valence-corrected chi connectivity index (χ4v) is 3.51. The number of hydrogen-bond acceptors (Lipinski definition) is 6. The first-order valence-electron chi connectivity index (χ1n) is 7.89. The number of ether oxygens (including phenoxy) is 2. The average molecular weight is 381 g/mol. The summed E-state index contributed by atoms with van der Waals surface area (Å²) in [5.41, 5.74) is 1.56. The zero-order valence-corrected chi connectivity index (χ0v) is 15.4. The van der Waals surface area contributed by atoms with Gasteiger partial charge in [-0.15, -0.1) is 0 Å². The third-order valence-electron chi connectivity index (χ3n) is 3.86. The van der Waals surface area contributed by atoms with Crippen LogP contribution in [-0.4, -0.2) is 30.7 Å². The molecule has 0 N–H and O–H groups in total. The number of carbonyl (C=O) groups is 2. The molecule has 0 spiro atoms. The maximum absolute atomic E-state index is 12.5. The van der Waals surface area contributed by atoms with Crippen LogP contribution in [0.3, 0.4) is 0 Å². The smallest absolute Gasteiger partial charge is 0.325 e. The molecule has 1 aromatic heterocycles. The van der Waals surface area contributed by atoms with E-state index in [1.54, 1.807) is 48.1 Å². The number of rotatable bonds is 4. The number of amides is 1. The first-order valence-corrected chi connectivity index (χ1v) is 8.70. The van der Waals surface area contributed by atoms with Gasteiger partial charge in [-0.05, 0) is 42.5 Å². The van der Waals surface area contributed by atoms with Crippen molar-refractivity contribution >= 4 is 33.4 Å². The van der Waals surface area contributed by atoms with Crippen molar-refractivity contribution < 1.29 is 19.1 Å². The minimum atomic E-state index is -0.461. The molecule has 0 saturated heterocycles. The minimum absolute atomic E-state index is 0.0672. The summed E-state index contributed by atoms with van der Waals surface area (Å²) in [6, 6.07) is 13.6. The van der Waals surface area contributed by atoms with E-state index in [2.05, 4.69) is 4.99 Å². The molecule has 0 atom stereocenters. The highest BCUT2D eigenvalue weighted by molar-refractivity contribution is 7.16. The van der Waals surface area contributed by atoms with Crippen molar-refractivity contribution in [2.45, 2.75) is 6.54 Å². The number of nitrogens with zero attached hydrogens (tertiary/aromatic N) is 3. The van der Waals surface area contributed by atoms with E-state index in [-0.39, 0.29) is 6.54 Å². The fraction of sp³-hybridized carbons (Fsp3) is 0.158. The third-order valence-corrected chi connectivity index (χ3v) is 4.90. The van der Waals surface area contributed by atoms with Crippen LogP contribution in [0.4, 0.5) is 0 Å². The molecule has 3 rings (SSSR count). The Kier molecular flexibility index (Phi) is 5.33. The molecular formula is C19H15N3O4S. The molecule has 8 heteroatoms. The van der Waals surface area contributed by atoms with Crippen LogP contribution in [0, 0.1) is 11.3 Å². The molecule has 136 valence electrons. The highest BCUT2D eigenvalue weighted by Crippen LogP contribution is 2.23. The van der Waals surface area contributed by atoms with Crippen LogP contribution >= 0.6 is 11.3 Å². The molecular weight excluding hydrogens is 366 g/mol. The number of hydrogen-bond donors (Lipinski definition) is 0. The second-order valence-electron chi connectivity index (χ2n) is 5.49. The van der Waals surface area contributed by atoms with Crippen molar-refractivity contribution in [1.82, 2.24) is 4.57 Å². The first-order chi connectivity index (χ1) is 13.0. The molecule has 3 aromatic rings. The Bertz CT molecular complexity index is 1120. The first kappa shape index (κ1) is 18.4. The average Bonchev–Trinajstić information content (AvgIpc) is 3.03. The summed E-state index contributed by atoms with van der Waals surface area (Å²) in [7, 11) is 2.87. The maximum atomic E-state index is 12.5. The van der Waals surface area contributed by atoms with Gasteiger partial charge in [-0.2, -0.15) is 10.3 Å². The second kappa shape index (κ2) is 7.85. The Balaban J connectivity index is 2.11. The van der Waals surface area contributed by atoms with E-state index in [0.717, 1.165) is 10.2 Å². The lowest BCUT2D eigenvalue weighted by Crippen LogP contribution is -2.22. The number of methoxy groups -OCH3 is 2. The highest BCUT2D eigenvalue weighted by atomic mass is 32.1. The zero-order chi connectivity index (χ0) is 19.4. The van der Waals surface area contributed by atoms with Crippen LogP contribution in [0.2, 0.25) is 0 Å². The predicted molar refractivity (Wildman–Crippen MR) is 99.4 cm³/mol. The predicted octanol–water partition coefficient (Wildman–Crippen LogP) is 2.50.